The van der Waals surface area contributed by atoms with E-state index < -0.39 is 11.9 Å². The van der Waals surface area contributed by atoms with Crippen molar-refractivity contribution in [2.24, 2.45) is 0 Å². The SMILES string of the molecule is C/C=C(\C)C(=O)O.O=C(O)CCCC[C@@H]1SC[C@@H]2NC(=O)N[C@@H]21. The average molecular weight is 344 g/mol. The Hall–Kier alpha value is -1.70. The molecule has 4 N–H and O–H groups in total. The molecule has 130 valence electrons. The highest BCUT2D eigenvalue weighted by Gasteiger charge is 2.42. The molecule has 0 radical (unpaired) electrons. The van der Waals surface area contributed by atoms with Crippen LogP contribution in [0.4, 0.5) is 4.79 Å². The number of fused-ring (bicyclic) bond motifs is 1. The van der Waals surface area contributed by atoms with Gasteiger partial charge < -0.3 is 20.8 Å². The van der Waals surface area contributed by atoms with Crippen LogP contribution in [0, 0.1) is 0 Å². The van der Waals surface area contributed by atoms with Crippen LogP contribution in [0.25, 0.3) is 0 Å². The van der Waals surface area contributed by atoms with Gasteiger partial charge in [-0.3, -0.25) is 4.79 Å². The molecule has 0 spiro atoms. The van der Waals surface area contributed by atoms with E-state index in [4.69, 9.17) is 10.2 Å². The Kier molecular flexibility index (Phi) is 7.94. The lowest BCUT2D eigenvalue weighted by atomic mass is 10.0. The van der Waals surface area contributed by atoms with Crippen LogP contribution < -0.4 is 10.6 Å². The summed E-state index contributed by atoms with van der Waals surface area (Å²) in [5, 5.41) is 22.9. The van der Waals surface area contributed by atoms with Gasteiger partial charge in [0, 0.05) is 23.0 Å². The molecule has 0 aromatic heterocycles. The van der Waals surface area contributed by atoms with Gasteiger partial charge in [0.2, 0.25) is 0 Å². The van der Waals surface area contributed by atoms with Gasteiger partial charge in [0.05, 0.1) is 12.1 Å². The van der Waals surface area contributed by atoms with Crippen LogP contribution in [0.1, 0.15) is 39.5 Å². The number of carbonyl (C=O) groups excluding carboxylic acids is 1. The first-order valence-corrected chi connectivity index (χ1v) is 8.66. The molecule has 0 aromatic rings. The van der Waals surface area contributed by atoms with Crippen LogP contribution in [-0.4, -0.2) is 51.3 Å². The second kappa shape index (κ2) is 9.44. The highest BCUT2D eigenvalue weighted by Crippen LogP contribution is 2.33. The van der Waals surface area contributed by atoms with E-state index in [9.17, 15) is 14.4 Å². The van der Waals surface area contributed by atoms with E-state index >= 15 is 0 Å². The summed E-state index contributed by atoms with van der Waals surface area (Å²) in [7, 11) is 0. The highest BCUT2D eigenvalue weighted by molar-refractivity contribution is 8.00. The lowest BCUT2D eigenvalue weighted by Gasteiger charge is -2.16. The number of allylic oxidation sites excluding steroid dienone is 1. The Morgan fingerprint density at radius 2 is 2.00 bits per heavy atom. The molecule has 2 amide bonds. The highest BCUT2D eigenvalue weighted by atomic mass is 32.2. The Morgan fingerprint density at radius 1 is 1.30 bits per heavy atom. The minimum atomic E-state index is -0.845. The zero-order valence-corrected chi connectivity index (χ0v) is 14.2. The molecular formula is C15H24N2O5S. The molecule has 0 aromatic carbocycles. The third-order valence-electron chi connectivity index (χ3n) is 3.84. The Morgan fingerprint density at radius 3 is 2.52 bits per heavy atom. The fraction of sp³-hybridized carbons (Fsp3) is 0.667. The van der Waals surface area contributed by atoms with Crippen molar-refractivity contribution < 1.29 is 24.6 Å². The molecule has 0 aliphatic carbocycles. The van der Waals surface area contributed by atoms with Gasteiger partial charge in [0.1, 0.15) is 0 Å². The molecule has 23 heavy (non-hydrogen) atoms. The van der Waals surface area contributed by atoms with Crippen molar-refractivity contribution in [3.8, 4) is 0 Å². The zero-order valence-electron chi connectivity index (χ0n) is 13.4. The Labute approximate surface area is 139 Å². The van der Waals surface area contributed by atoms with E-state index in [2.05, 4.69) is 10.6 Å². The van der Waals surface area contributed by atoms with Gasteiger partial charge in [-0.25, -0.2) is 9.59 Å². The van der Waals surface area contributed by atoms with E-state index in [1.54, 1.807) is 19.9 Å². The van der Waals surface area contributed by atoms with Crippen molar-refractivity contribution in [3.05, 3.63) is 11.6 Å². The molecule has 2 fully saturated rings. The number of rotatable bonds is 6. The lowest BCUT2D eigenvalue weighted by molar-refractivity contribution is -0.137. The largest absolute Gasteiger partial charge is 0.481 e. The first-order chi connectivity index (χ1) is 10.8. The Balaban J connectivity index is 0.000000322. The van der Waals surface area contributed by atoms with Crippen LogP contribution in [0.2, 0.25) is 0 Å². The van der Waals surface area contributed by atoms with Crippen molar-refractivity contribution in [3.63, 3.8) is 0 Å². The van der Waals surface area contributed by atoms with Crippen LogP contribution in [0.5, 0.6) is 0 Å². The molecule has 3 atom stereocenters. The fourth-order valence-corrected chi connectivity index (χ4v) is 3.93. The number of carboxylic acid groups (broad SMARTS) is 2. The number of amides is 2. The molecule has 7 nitrogen and oxygen atoms in total. The summed E-state index contributed by atoms with van der Waals surface area (Å²) >= 11 is 1.87. The van der Waals surface area contributed by atoms with Gasteiger partial charge in [-0.2, -0.15) is 11.8 Å². The number of carbonyl (C=O) groups is 3. The second-order valence-electron chi connectivity index (χ2n) is 5.54. The normalized spacial score (nSPS) is 25.7. The average Bonchev–Trinajstić information content (AvgIpc) is 3.02. The quantitative estimate of drug-likeness (QED) is 0.332. The monoisotopic (exact) mass is 344 g/mol. The fourth-order valence-electron chi connectivity index (χ4n) is 2.39. The molecule has 2 heterocycles. The van der Waals surface area contributed by atoms with Gasteiger partial charge in [-0.05, 0) is 26.7 Å². The van der Waals surface area contributed by atoms with Gasteiger partial charge in [-0.15, -0.1) is 0 Å². The molecule has 2 aliphatic heterocycles. The van der Waals surface area contributed by atoms with E-state index in [0.29, 0.717) is 10.8 Å². The number of carboxylic acids is 2. The van der Waals surface area contributed by atoms with Crippen LogP contribution in [0.15, 0.2) is 11.6 Å². The van der Waals surface area contributed by atoms with E-state index in [-0.39, 0.29) is 24.5 Å². The van der Waals surface area contributed by atoms with E-state index in [1.807, 2.05) is 11.8 Å². The van der Waals surface area contributed by atoms with Crippen molar-refractivity contribution in [1.29, 1.82) is 0 Å². The summed E-state index contributed by atoms with van der Waals surface area (Å²) in [6.07, 6.45) is 4.44. The number of urea groups is 1. The minimum absolute atomic E-state index is 0.0640. The first-order valence-electron chi connectivity index (χ1n) is 7.61. The maximum Gasteiger partial charge on any atom is 0.330 e. The number of unbranched alkanes of at least 4 members (excludes halogenated alkanes) is 1. The number of hydrogen-bond acceptors (Lipinski definition) is 4. The van der Waals surface area contributed by atoms with Gasteiger partial charge >= 0.3 is 18.0 Å². The predicted molar refractivity (Wildman–Crippen MR) is 88.7 cm³/mol. The first kappa shape index (κ1) is 19.3. The van der Waals surface area contributed by atoms with Gasteiger partial charge in [-0.1, -0.05) is 12.5 Å². The van der Waals surface area contributed by atoms with Crippen molar-refractivity contribution in [2.75, 3.05) is 5.75 Å². The van der Waals surface area contributed by atoms with Crippen molar-refractivity contribution >= 4 is 29.7 Å². The zero-order chi connectivity index (χ0) is 17.4. The smallest absolute Gasteiger partial charge is 0.330 e. The Bertz CT molecular complexity index is 480. The topological polar surface area (TPSA) is 116 Å². The van der Waals surface area contributed by atoms with E-state index in [1.165, 1.54) is 0 Å². The molecule has 2 aliphatic rings. The van der Waals surface area contributed by atoms with Crippen molar-refractivity contribution in [1.82, 2.24) is 10.6 Å². The molecule has 0 bridgehead atoms. The minimum Gasteiger partial charge on any atom is -0.481 e. The maximum atomic E-state index is 11.1. The third-order valence-corrected chi connectivity index (χ3v) is 5.35. The molecule has 0 unspecified atom stereocenters. The molecule has 2 saturated heterocycles. The summed E-state index contributed by atoms with van der Waals surface area (Å²) in [5.74, 6) is -0.609. The summed E-state index contributed by atoms with van der Waals surface area (Å²) in [6.45, 7) is 3.26. The molecular weight excluding hydrogens is 320 g/mol. The number of aliphatic carboxylic acids is 2. The van der Waals surface area contributed by atoms with Gasteiger partial charge in [0.15, 0.2) is 0 Å². The maximum absolute atomic E-state index is 11.1. The van der Waals surface area contributed by atoms with Crippen LogP contribution >= 0.6 is 11.8 Å². The summed E-state index contributed by atoms with van der Waals surface area (Å²) < 4.78 is 0. The predicted octanol–water partition coefficient (Wildman–Crippen LogP) is 1.83. The van der Waals surface area contributed by atoms with E-state index in [0.717, 1.165) is 25.0 Å². The van der Waals surface area contributed by atoms with Crippen LogP contribution in [0.3, 0.4) is 0 Å². The molecule has 8 heteroatoms. The number of thioether (sulfide) groups is 1. The molecule has 0 saturated carbocycles. The number of nitrogens with one attached hydrogen (secondary N) is 2. The second-order valence-corrected chi connectivity index (χ2v) is 6.81. The third kappa shape index (κ3) is 6.52. The molecule has 2 rings (SSSR count). The summed E-state index contributed by atoms with van der Waals surface area (Å²) in [6, 6.07) is 0.440. The summed E-state index contributed by atoms with van der Waals surface area (Å²) in [5.41, 5.74) is 0.389. The van der Waals surface area contributed by atoms with Gasteiger partial charge in [0.25, 0.3) is 0 Å². The summed E-state index contributed by atoms with van der Waals surface area (Å²) in [4.78, 5) is 31.3. The lowest BCUT2D eigenvalue weighted by Crippen LogP contribution is -2.36. The number of hydrogen-bond donors (Lipinski definition) is 4. The van der Waals surface area contributed by atoms with Crippen molar-refractivity contribution in [2.45, 2.75) is 56.9 Å². The van der Waals surface area contributed by atoms with Crippen LogP contribution in [-0.2, 0) is 9.59 Å². The standard InChI is InChI=1S/C10H16N2O3S.C5H8O2/c13-8(14)4-2-1-3-7-9-6(5-16-7)11-10(15)12-9;1-3-4(2)5(6)7/h6-7,9H,1-5H2,(H,13,14)(H2,11,12,15);3H,1-2H3,(H,6,7)/b;4-3+/t6-,7-,9-;/m0./s1.